The fourth-order valence-electron chi connectivity index (χ4n) is 0.666. The number of hydrogen-bond donors (Lipinski definition) is 0. The van der Waals surface area contributed by atoms with Gasteiger partial charge in [-0.3, -0.25) is 4.79 Å². The molecule has 52 valence electrons. The Hall–Kier alpha value is -1.25. The van der Waals surface area contributed by atoms with Crippen molar-refractivity contribution in [2.75, 3.05) is 0 Å². The maximum atomic E-state index is 12.3. The number of hydrogen-bond acceptors (Lipinski definition) is 2. The molecule has 0 radical (unpaired) electrons. The van der Waals surface area contributed by atoms with Crippen molar-refractivity contribution < 1.29 is 9.18 Å². The molecular formula is C7H6FNO. The zero-order valence-electron chi connectivity index (χ0n) is 5.47. The lowest BCUT2D eigenvalue weighted by molar-refractivity contribution is 0.112. The summed E-state index contributed by atoms with van der Waals surface area (Å²) in [5, 5.41) is 0. The highest BCUT2D eigenvalue weighted by molar-refractivity contribution is 5.75. The standard InChI is InChI=1S/C7H6FNO/c1-5-6(4-10)2-3-7(8)9-5/h2-4H,1H3. The molecule has 1 aromatic heterocycles. The Kier molecular flexibility index (Phi) is 1.76. The van der Waals surface area contributed by atoms with Gasteiger partial charge in [0, 0.05) is 5.56 Å². The summed E-state index contributed by atoms with van der Waals surface area (Å²) in [5.74, 6) is -0.553. The van der Waals surface area contributed by atoms with Gasteiger partial charge in [-0.2, -0.15) is 4.39 Å². The lowest BCUT2D eigenvalue weighted by Gasteiger charge is -1.94. The van der Waals surface area contributed by atoms with Gasteiger partial charge in [0.1, 0.15) is 0 Å². The fourth-order valence-corrected chi connectivity index (χ4v) is 0.666. The van der Waals surface area contributed by atoms with E-state index < -0.39 is 5.95 Å². The molecule has 1 aromatic rings. The minimum Gasteiger partial charge on any atom is -0.298 e. The van der Waals surface area contributed by atoms with Gasteiger partial charge in [0.05, 0.1) is 5.69 Å². The monoisotopic (exact) mass is 139 g/mol. The number of nitrogens with zero attached hydrogens (tertiary/aromatic N) is 1. The van der Waals surface area contributed by atoms with Crippen LogP contribution in [0.2, 0.25) is 0 Å². The number of aldehydes is 1. The second-order valence-corrected chi connectivity index (χ2v) is 1.93. The highest BCUT2D eigenvalue weighted by Gasteiger charge is 1.97. The van der Waals surface area contributed by atoms with Gasteiger partial charge >= 0.3 is 0 Å². The van der Waals surface area contributed by atoms with E-state index in [4.69, 9.17) is 0 Å². The first-order valence-corrected chi connectivity index (χ1v) is 2.82. The third-order valence-corrected chi connectivity index (χ3v) is 1.22. The predicted molar refractivity (Wildman–Crippen MR) is 34.3 cm³/mol. The first-order chi connectivity index (χ1) is 4.74. The summed E-state index contributed by atoms with van der Waals surface area (Å²) < 4.78 is 12.3. The molecule has 0 aliphatic rings. The molecule has 0 aromatic carbocycles. The van der Waals surface area contributed by atoms with Gasteiger partial charge in [0.15, 0.2) is 6.29 Å². The van der Waals surface area contributed by atoms with E-state index >= 15 is 0 Å². The van der Waals surface area contributed by atoms with Gasteiger partial charge in [-0.05, 0) is 19.1 Å². The van der Waals surface area contributed by atoms with Gasteiger partial charge in [-0.1, -0.05) is 0 Å². The Morgan fingerprint density at radius 3 is 2.80 bits per heavy atom. The maximum absolute atomic E-state index is 12.3. The number of carbonyl (C=O) groups excluding carboxylic acids is 1. The van der Waals surface area contributed by atoms with Crippen molar-refractivity contribution in [3.05, 3.63) is 29.3 Å². The third-order valence-electron chi connectivity index (χ3n) is 1.22. The van der Waals surface area contributed by atoms with E-state index in [-0.39, 0.29) is 0 Å². The molecule has 0 unspecified atom stereocenters. The first kappa shape index (κ1) is 6.86. The Bertz CT molecular complexity index is 260. The maximum Gasteiger partial charge on any atom is 0.213 e. The number of halogens is 1. The van der Waals surface area contributed by atoms with E-state index in [1.165, 1.54) is 6.07 Å². The van der Waals surface area contributed by atoms with Crippen LogP contribution >= 0.6 is 0 Å². The van der Waals surface area contributed by atoms with Crippen LogP contribution in [-0.4, -0.2) is 11.3 Å². The Morgan fingerprint density at radius 2 is 2.30 bits per heavy atom. The zero-order chi connectivity index (χ0) is 7.56. The van der Waals surface area contributed by atoms with Crippen molar-refractivity contribution in [2.45, 2.75) is 6.92 Å². The Morgan fingerprint density at radius 1 is 1.60 bits per heavy atom. The van der Waals surface area contributed by atoms with Gasteiger partial charge in [0.25, 0.3) is 0 Å². The molecule has 0 aliphatic heterocycles. The number of carbonyl (C=O) groups is 1. The van der Waals surface area contributed by atoms with Crippen LogP contribution < -0.4 is 0 Å². The summed E-state index contributed by atoms with van der Waals surface area (Å²) in [5.41, 5.74) is 0.858. The van der Waals surface area contributed by atoms with Crippen LogP contribution in [0.4, 0.5) is 4.39 Å². The van der Waals surface area contributed by atoms with Crippen LogP contribution in [0, 0.1) is 12.9 Å². The van der Waals surface area contributed by atoms with Crippen LogP contribution in [-0.2, 0) is 0 Å². The largest absolute Gasteiger partial charge is 0.298 e. The van der Waals surface area contributed by atoms with Gasteiger partial charge in [-0.15, -0.1) is 0 Å². The number of pyridine rings is 1. The van der Waals surface area contributed by atoms with Crippen molar-refractivity contribution in [3.8, 4) is 0 Å². The molecule has 0 N–H and O–H groups in total. The molecular weight excluding hydrogens is 133 g/mol. The van der Waals surface area contributed by atoms with Crippen LogP contribution in [0.15, 0.2) is 12.1 Å². The van der Waals surface area contributed by atoms with Gasteiger partial charge in [0.2, 0.25) is 5.95 Å². The van der Waals surface area contributed by atoms with Crippen molar-refractivity contribution in [3.63, 3.8) is 0 Å². The second kappa shape index (κ2) is 2.56. The number of aromatic nitrogens is 1. The van der Waals surface area contributed by atoms with E-state index in [1.54, 1.807) is 6.92 Å². The van der Waals surface area contributed by atoms with E-state index in [9.17, 15) is 9.18 Å². The summed E-state index contributed by atoms with van der Waals surface area (Å²) in [6.07, 6.45) is 0.655. The molecule has 1 rings (SSSR count). The first-order valence-electron chi connectivity index (χ1n) is 2.82. The highest BCUT2D eigenvalue weighted by Crippen LogP contribution is 2.01. The third kappa shape index (κ3) is 1.18. The minimum absolute atomic E-state index is 0.426. The van der Waals surface area contributed by atoms with E-state index in [2.05, 4.69) is 4.98 Å². The average Bonchev–Trinajstić information content (AvgIpc) is 1.88. The van der Waals surface area contributed by atoms with Crippen LogP contribution in [0.5, 0.6) is 0 Å². The molecule has 1 heterocycles. The second-order valence-electron chi connectivity index (χ2n) is 1.93. The summed E-state index contributed by atoms with van der Waals surface area (Å²) >= 11 is 0. The Labute approximate surface area is 57.7 Å². The summed E-state index contributed by atoms with van der Waals surface area (Å²) in [6, 6.07) is 2.57. The fraction of sp³-hybridized carbons (Fsp3) is 0.143. The molecule has 2 nitrogen and oxygen atoms in total. The molecule has 3 heteroatoms. The molecule has 0 atom stereocenters. The molecule has 10 heavy (non-hydrogen) atoms. The SMILES string of the molecule is Cc1nc(F)ccc1C=O. The van der Waals surface area contributed by atoms with Crippen LogP contribution in [0.1, 0.15) is 16.1 Å². The van der Waals surface area contributed by atoms with E-state index in [0.29, 0.717) is 17.5 Å². The van der Waals surface area contributed by atoms with Crippen molar-refractivity contribution in [1.29, 1.82) is 0 Å². The number of rotatable bonds is 1. The molecule has 0 saturated heterocycles. The smallest absolute Gasteiger partial charge is 0.213 e. The molecule has 0 aliphatic carbocycles. The van der Waals surface area contributed by atoms with E-state index in [1.807, 2.05) is 0 Å². The normalized spacial score (nSPS) is 9.40. The van der Waals surface area contributed by atoms with Crippen LogP contribution in [0.25, 0.3) is 0 Å². The average molecular weight is 139 g/mol. The predicted octanol–water partition coefficient (Wildman–Crippen LogP) is 1.34. The van der Waals surface area contributed by atoms with Crippen molar-refractivity contribution >= 4 is 6.29 Å². The minimum atomic E-state index is -0.553. The summed E-state index contributed by atoms with van der Waals surface area (Å²) in [6.45, 7) is 1.59. The molecule has 0 saturated carbocycles. The molecule has 0 bridgehead atoms. The molecule has 0 fully saturated rings. The summed E-state index contributed by atoms with van der Waals surface area (Å²) in [7, 11) is 0. The van der Waals surface area contributed by atoms with Crippen LogP contribution in [0.3, 0.4) is 0 Å². The lowest BCUT2D eigenvalue weighted by atomic mass is 10.2. The quantitative estimate of drug-likeness (QED) is 0.434. The van der Waals surface area contributed by atoms with Gasteiger partial charge in [-0.25, -0.2) is 4.98 Å². The molecule has 0 amide bonds. The van der Waals surface area contributed by atoms with Crippen molar-refractivity contribution in [1.82, 2.24) is 4.98 Å². The summed E-state index contributed by atoms with van der Waals surface area (Å²) in [4.78, 5) is 13.6. The Balaban J connectivity index is 3.19. The highest BCUT2D eigenvalue weighted by atomic mass is 19.1. The van der Waals surface area contributed by atoms with Gasteiger partial charge < -0.3 is 0 Å². The van der Waals surface area contributed by atoms with E-state index in [0.717, 1.165) is 6.07 Å². The molecule has 0 spiro atoms. The zero-order valence-corrected chi connectivity index (χ0v) is 5.47. The lowest BCUT2D eigenvalue weighted by Crippen LogP contribution is -1.92. The number of aryl methyl sites for hydroxylation is 1. The topological polar surface area (TPSA) is 30.0 Å². The van der Waals surface area contributed by atoms with Crippen molar-refractivity contribution in [2.24, 2.45) is 0 Å².